The normalized spacial score (nSPS) is 39.2. The molecule has 6 nitrogen and oxygen atoms in total. The van der Waals surface area contributed by atoms with Gasteiger partial charge in [0.2, 0.25) is 0 Å². The zero-order valence-corrected chi connectivity index (χ0v) is 19.6. The van der Waals surface area contributed by atoms with Crippen LogP contribution in [0.15, 0.2) is 23.9 Å². The SMILES string of the molecule is COC(=O)C1CC[C@H]2[C@@H]3CN(C(=O)OC(C)(C)C)C4=CC(=O)C=C[C@]4(C)[C@@H]3CC[C@]12C. The number of carbonyl (C=O) groups excluding carboxylic acids is 3. The summed E-state index contributed by atoms with van der Waals surface area (Å²) in [5.41, 5.74) is -0.399. The third-order valence-electron chi connectivity index (χ3n) is 8.42. The Kier molecular flexibility index (Phi) is 5.14. The smallest absolute Gasteiger partial charge is 0.414 e. The van der Waals surface area contributed by atoms with Gasteiger partial charge in [-0.15, -0.1) is 0 Å². The second kappa shape index (κ2) is 7.21. The van der Waals surface area contributed by atoms with E-state index < -0.39 is 17.1 Å². The number of hydrogen-bond donors (Lipinski definition) is 0. The van der Waals surface area contributed by atoms with Crippen LogP contribution >= 0.6 is 0 Å². The molecule has 0 aromatic carbocycles. The maximum absolute atomic E-state index is 13.2. The van der Waals surface area contributed by atoms with Gasteiger partial charge < -0.3 is 9.47 Å². The first-order valence-corrected chi connectivity index (χ1v) is 11.4. The van der Waals surface area contributed by atoms with Gasteiger partial charge in [0, 0.05) is 23.7 Å². The number of rotatable bonds is 1. The van der Waals surface area contributed by atoms with Crippen LogP contribution in [0.1, 0.15) is 60.3 Å². The molecule has 3 fully saturated rings. The molecule has 31 heavy (non-hydrogen) atoms. The molecule has 4 rings (SSSR count). The van der Waals surface area contributed by atoms with Gasteiger partial charge in [0.05, 0.1) is 13.0 Å². The van der Waals surface area contributed by atoms with Gasteiger partial charge in [0.1, 0.15) is 5.60 Å². The lowest BCUT2D eigenvalue weighted by atomic mass is 9.50. The van der Waals surface area contributed by atoms with Crippen LogP contribution in [0, 0.1) is 34.5 Å². The van der Waals surface area contributed by atoms with E-state index in [1.54, 1.807) is 17.1 Å². The second-order valence-electron chi connectivity index (χ2n) is 11.2. The van der Waals surface area contributed by atoms with Crippen LogP contribution in [0.5, 0.6) is 0 Å². The number of esters is 1. The van der Waals surface area contributed by atoms with Crippen LogP contribution in [0.4, 0.5) is 4.79 Å². The molecule has 2 saturated carbocycles. The molecule has 6 atom stereocenters. The molecular formula is C25H35NO5. The number of carbonyl (C=O) groups is 3. The van der Waals surface area contributed by atoms with E-state index in [-0.39, 0.29) is 29.0 Å². The number of allylic oxidation sites excluding steroid dienone is 3. The van der Waals surface area contributed by atoms with E-state index >= 15 is 0 Å². The van der Waals surface area contributed by atoms with E-state index in [0.29, 0.717) is 18.4 Å². The summed E-state index contributed by atoms with van der Waals surface area (Å²) < 4.78 is 10.9. The van der Waals surface area contributed by atoms with Crippen molar-refractivity contribution in [2.24, 2.45) is 34.5 Å². The molecule has 4 aliphatic rings. The highest BCUT2D eigenvalue weighted by Crippen LogP contribution is 2.65. The Morgan fingerprint density at radius 1 is 1.13 bits per heavy atom. The molecule has 0 radical (unpaired) electrons. The average Bonchev–Trinajstić information content (AvgIpc) is 3.03. The maximum Gasteiger partial charge on any atom is 0.414 e. The molecule has 170 valence electrons. The predicted molar refractivity (Wildman–Crippen MR) is 116 cm³/mol. The highest BCUT2D eigenvalue weighted by molar-refractivity contribution is 6.01. The molecule has 0 N–H and O–H groups in total. The molecule has 0 aromatic rings. The maximum atomic E-state index is 13.2. The van der Waals surface area contributed by atoms with Gasteiger partial charge in [-0.3, -0.25) is 14.5 Å². The molecule has 6 heteroatoms. The number of nitrogens with zero attached hydrogens (tertiary/aromatic N) is 1. The van der Waals surface area contributed by atoms with Gasteiger partial charge in [-0.1, -0.05) is 19.9 Å². The standard InChI is InChI=1S/C25H35NO5/c1-23(2,3)31-22(29)26-14-16-17-7-8-19(21(28)30-6)24(17,4)12-10-18(16)25(5)11-9-15(27)13-20(25)26/h9,11,13,16-19H,7-8,10,12,14H2,1-6H3/t16-,17-,18+,19?,24-,25+/m0/s1. The van der Waals surface area contributed by atoms with Crippen molar-refractivity contribution in [3.8, 4) is 0 Å². The van der Waals surface area contributed by atoms with Crippen LogP contribution in [0.25, 0.3) is 0 Å². The van der Waals surface area contributed by atoms with Crippen LogP contribution < -0.4 is 0 Å². The molecule has 1 heterocycles. The van der Waals surface area contributed by atoms with Crippen LogP contribution in [0.2, 0.25) is 0 Å². The molecule has 1 unspecified atom stereocenters. The summed E-state index contributed by atoms with van der Waals surface area (Å²) >= 11 is 0. The minimum atomic E-state index is -0.621. The van der Waals surface area contributed by atoms with Crippen molar-refractivity contribution in [1.29, 1.82) is 0 Å². The van der Waals surface area contributed by atoms with Gasteiger partial charge in [-0.25, -0.2) is 4.79 Å². The van der Waals surface area contributed by atoms with Gasteiger partial charge in [0.15, 0.2) is 5.78 Å². The number of ether oxygens (including phenoxy) is 2. The zero-order valence-electron chi connectivity index (χ0n) is 19.6. The predicted octanol–water partition coefficient (Wildman–Crippen LogP) is 4.50. The molecule has 1 amide bonds. The number of methoxy groups -OCH3 is 1. The van der Waals surface area contributed by atoms with Gasteiger partial charge in [-0.2, -0.15) is 0 Å². The first kappa shape index (κ1) is 22.1. The van der Waals surface area contributed by atoms with E-state index in [2.05, 4.69) is 13.8 Å². The molecule has 1 saturated heterocycles. The number of hydrogen-bond acceptors (Lipinski definition) is 5. The van der Waals surface area contributed by atoms with Crippen molar-refractivity contribution in [3.05, 3.63) is 23.9 Å². The van der Waals surface area contributed by atoms with Crippen LogP contribution in [0.3, 0.4) is 0 Å². The summed E-state index contributed by atoms with van der Waals surface area (Å²) in [4.78, 5) is 39.7. The highest BCUT2D eigenvalue weighted by Gasteiger charge is 2.62. The fraction of sp³-hybridized carbons (Fsp3) is 0.720. The van der Waals surface area contributed by atoms with E-state index in [1.165, 1.54) is 7.11 Å². The first-order chi connectivity index (χ1) is 14.4. The molecule has 0 bridgehead atoms. The summed E-state index contributed by atoms with van der Waals surface area (Å²) in [6.45, 7) is 10.5. The summed E-state index contributed by atoms with van der Waals surface area (Å²) in [6, 6.07) is 0. The molecule has 0 aromatic heterocycles. The number of piperidine rings is 1. The molecule has 1 aliphatic heterocycles. The van der Waals surface area contributed by atoms with E-state index in [9.17, 15) is 14.4 Å². The van der Waals surface area contributed by atoms with E-state index in [4.69, 9.17) is 9.47 Å². The van der Waals surface area contributed by atoms with Crippen LogP contribution in [-0.4, -0.2) is 42.0 Å². The summed E-state index contributed by atoms with van der Waals surface area (Å²) in [7, 11) is 1.47. The minimum absolute atomic E-state index is 0.0910. The monoisotopic (exact) mass is 429 g/mol. The largest absolute Gasteiger partial charge is 0.469 e. The summed E-state index contributed by atoms with van der Waals surface area (Å²) in [5.74, 6) is 0.582. The van der Waals surface area contributed by atoms with Gasteiger partial charge in [-0.05, 0) is 75.7 Å². The first-order valence-electron chi connectivity index (χ1n) is 11.4. The number of ketones is 1. The Hall–Kier alpha value is -2.11. The third-order valence-corrected chi connectivity index (χ3v) is 8.42. The highest BCUT2D eigenvalue weighted by atomic mass is 16.6. The summed E-state index contributed by atoms with van der Waals surface area (Å²) in [5, 5.41) is 0. The average molecular weight is 430 g/mol. The van der Waals surface area contributed by atoms with Gasteiger partial charge in [0.25, 0.3) is 0 Å². The minimum Gasteiger partial charge on any atom is -0.469 e. The Morgan fingerprint density at radius 2 is 1.84 bits per heavy atom. The van der Waals surface area contributed by atoms with Crippen molar-refractivity contribution < 1.29 is 23.9 Å². The van der Waals surface area contributed by atoms with E-state index in [1.807, 2.05) is 26.8 Å². The third kappa shape index (κ3) is 3.42. The lowest BCUT2D eigenvalue weighted by Crippen LogP contribution is -2.58. The quantitative estimate of drug-likeness (QED) is 0.574. The van der Waals surface area contributed by atoms with Crippen molar-refractivity contribution in [1.82, 2.24) is 4.90 Å². The fourth-order valence-corrected chi connectivity index (χ4v) is 6.98. The number of likely N-dealkylation sites (tertiary alicyclic amines) is 1. The van der Waals surface area contributed by atoms with E-state index in [0.717, 1.165) is 31.4 Å². The zero-order chi connectivity index (χ0) is 22.8. The van der Waals surface area contributed by atoms with Crippen molar-refractivity contribution >= 4 is 17.8 Å². The molecule has 0 spiro atoms. The van der Waals surface area contributed by atoms with Crippen molar-refractivity contribution in [2.75, 3.05) is 13.7 Å². The summed E-state index contributed by atoms with van der Waals surface area (Å²) in [6.07, 6.45) is 8.54. The van der Waals surface area contributed by atoms with Crippen LogP contribution in [-0.2, 0) is 19.1 Å². The van der Waals surface area contributed by atoms with Crippen molar-refractivity contribution in [2.45, 2.75) is 65.9 Å². The van der Waals surface area contributed by atoms with Crippen molar-refractivity contribution in [3.63, 3.8) is 0 Å². The fourth-order valence-electron chi connectivity index (χ4n) is 6.98. The molecule has 3 aliphatic carbocycles. The number of amides is 1. The Morgan fingerprint density at radius 3 is 2.48 bits per heavy atom. The number of fused-ring (bicyclic) bond motifs is 5. The van der Waals surface area contributed by atoms with Gasteiger partial charge >= 0.3 is 12.1 Å². The Labute approximate surface area is 185 Å². The Balaban J connectivity index is 1.73. The molecular weight excluding hydrogens is 394 g/mol. The second-order valence-corrected chi connectivity index (χ2v) is 11.2. The topological polar surface area (TPSA) is 72.9 Å². The lowest BCUT2D eigenvalue weighted by Gasteiger charge is -2.58. The Bertz CT molecular complexity index is 868. The lowest BCUT2D eigenvalue weighted by molar-refractivity contribution is -0.153.